The molecule has 0 heterocycles. The van der Waals surface area contributed by atoms with Crippen LogP contribution in [0.1, 0.15) is 44.7 Å². The first-order valence-corrected chi connectivity index (χ1v) is 15.9. The van der Waals surface area contributed by atoms with Crippen LogP contribution in [0.15, 0.2) is 71.6 Å². The summed E-state index contributed by atoms with van der Waals surface area (Å²) in [6.45, 7) is 6.98. The second kappa shape index (κ2) is 15.1. The normalized spacial score (nSPS) is 12.6. The van der Waals surface area contributed by atoms with Crippen molar-refractivity contribution < 1.29 is 27.5 Å². The highest BCUT2D eigenvalue weighted by molar-refractivity contribution is 7.92. The van der Waals surface area contributed by atoms with Gasteiger partial charge in [0, 0.05) is 17.6 Å². The van der Waals surface area contributed by atoms with Gasteiger partial charge in [-0.25, -0.2) is 8.42 Å². The highest BCUT2D eigenvalue weighted by atomic mass is 35.5. The molecule has 0 unspecified atom stereocenters. The number of sulfonamides is 1. The fourth-order valence-corrected chi connectivity index (χ4v) is 6.08. The zero-order chi connectivity index (χ0) is 31.7. The third kappa shape index (κ3) is 8.42. The van der Waals surface area contributed by atoms with Gasteiger partial charge in [0.15, 0.2) is 0 Å². The number of carbonyl (C=O) groups is 2. The second-order valence-electron chi connectivity index (χ2n) is 10.3. The van der Waals surface area contributed by atoms with Gasteiger partial charge >= 0.3 is 0 Å². The molecule has 0 radical (unpaired) electrons. The monoisotopic (exact) mass is 629 g/mol. The number of rotatable bonds is 14. The Morgan fingerprint density at radius 3 is 2.14 bits per heavy atom. The molecule has 0 saturated carbocycles. The van der Waals surface area contributed by atoms with Gasteiger partial charge in [0.25, 0.3) is 10.0 Å². The molecule has 0 aliphatic carbocycles. The summed E-state index contributed by atoms with van der Waals surface area (Å²) in [4.78, 5) is 29.1. The number of amides is 2. The molecule has 0 aliphatic heterocycles. The smallest absolute Gasteiger partial charge is 0.264 e. The first-order chi connectivity index (χ1) is 20.4. The Labute approximate surface area is 259 Å². The molecule has 0 bridgehead atoms. The minimum absolute atomic E-state index is 0.00353. The van der Waals surface area contributed by atoms with E-state index in [9.17, 15) is 18.0 Å². The molecule has 232 valence electrons. The molecular weight excluding hydrogens is 590 g/mol. The van der Waals surface area contributed by atoms with Crippen LogP contribution >= 0.6 is 11.6 Å². The molecule has 2 amide bonds. The zero-order valence-electron chi connectivity index (χ0n) is 25.5. The van der Waals surface area contributed by atoms with Crippen LogP contribution < -0.4 is 19.1 Å². The van der Waals surface area contributed by atoms with Gasteiger partial charge in [-0.3, -0.25) is 13.9 Å². The van der Waals surface area contributed by atoms with E-state index in [1.165, 1.54) is 30.2 Å². The second-order valence-corrected chi connectivity index (χ2v) is 12.6. The molecule has 3 aromatic rings. The van der Waals surface area contributed by atoms with Crippen LogP contribution in [-0.2, 0) is 26.2 Å². The molecule has 3 rings (SSSR count). The van der Waals surface area contributed by atoms with Crippen molar-refractivity contribution in [1.29, 1.82) is 0 Å². The fraction of sp³-hybridized carbons (Fsp3) is 0.375. The SMILES string of the molecule is CC[C@@H](C)NC(=O)[C@@H](CC)N(Cc1ccc(OC)cc1)C(=O)CN(c1cc(Cl)ccc1OC)S(=O)(=O)c1ccc(C)cc1. The summed E-state index contributed by atoms with van der Waals surface area (Å²) < 4.78 is 40.0. The number of halogens is 1. The average molecular weight is 630 g/mol. The van der Waals surface area contributed by atoms with Gasteiger partial charge in [-0.15, -0.1) is 0 Å². The number of nitrogens with one attached hydrogen (secondary N) is 1. The first kappa shape index (κ1) is 33.7. The number of carbonyl (C=O) groups excluding carboxylic acids is 2. The number of hydrogen-bond acceptors (Lipinski definition) is 6. The van der Waals surface area contributed by atoms with Crippen molar-refractivity contribution >= 4 is 39.1 Å². The summed E-state index contributed by atoms with van der Waals surface area (Å²) >= 11 is 6.31. The van der Waals surface area contributed by atoms with E-state index in [1.807, 2.05) is 27.7 Å². The van der Waals surface area contributed by atoms with Crippen molar-refractivity contribution in [3.05, 3.63) is 82.9 Å². The van der Waals surface area contributed by atoms with Crippen LogP contribution in [0.5, 0.6) is 11.5 Å². The van der Waals surface area contributed by atoms with Gasteiger partial charge in [-0.1, -0.05) is 55.3 Å². The van der Waals surface area contributed by atoms with Crippen LogP contribution in [0.25, 0.3) is 0 Å². The Hall–Kier alpha value is -3.76. The highest BCUT2D eigenvalue weighted by Crippen LogP contribution is 2.35. The van der Waals surface area contributed by atoms with Crippen LogP contribution in [0, 0.1) is 6.92 Å². The number of hydrogen-bond donors (Lipinski definition) is 1. The van der Waals surface area contributed by atoms with E-state index in [0.29, 0.717) is 18.6 Å². The number of aryl methyl sites for hydroxylation is 1. The van der Waals surface area contributed by atoms with Crippen molar-refractivity contribution in [2.75, 3.05) is 25.1 Å². The van der Waals surface area contributed by atoms with E-state index in [0.717, 1.165) is 15.4 Å². The molecule has 1 N–H and O–H groups in total. The standard InChI is InChI=1S/C32H40ClN3O6S/c1-7-23(4)34-32(38)28(8-2)35(20-24-11-14-26(41-5)15-12-24)31(37)21-36(29-19-25(33)13-18-30(29)42-6)43(39,40)27-16-9-22(3)10-17-27/h9-19,23,28H,7-8,20-21H2,1-6H3,(H,34,38)/t23-,28-/m1/s1. The van der Waals surface area contributed by atoms with Crippen molar-refractivity contribution in [3.63, 3.8) is 0 Å². The summed E-state index contributed by atoms with van der Waals surface area (Å²) in [5, 5.41) is 3.24. The largest absolute Gasteiger partial charge is 0.497 e. The predicted octanol–water partition coefficient (Wildman–Crippen LogP) is 5.58. The van der Waals surface area contributed by atoms with Crippen molar-refractivity contribution in [3.8, 4) is 11.5 Å². The minimum atomic E-state index is -4.28. The summed E-state index contributed by atoms with van der Waals surface area (Å²) in [6.07, 6.45) is 1.03. The summed E-state index contributed by atoms with van der Waals surface area (Å²) in [7, 11) is -1.31. The molecule has 0 saturated heterocycles. The molecular formula is C32H40ClN3O6S. The van der Waals surface area contributed by atoms with Crippen LogP contribution in [0.2, 0.25) is 5.02 Å². The van der Waals surface area contributed by atoms with Gasteiger partial charge in [-0.05, 0) is 74.7 Å². The zero-order valence-corrected chi connectivity index (χ0v) is 27.0. The summed E-state index contributed by atoms with van der Waals surface area (Å²) in [6, 6.07) is 17.1. The highest BCUT2D eigenvalue weighted by Gasteiger charge is 2.35. The molecule has 3 aromatic carbocycles. The Morgan fingerprint density at radius 1 is 0.930 bits per heavy atom. The maximum Gasteiger partial charge on any atom is 0.264 e. The molecule has 9 nitrogen and oxygen atoms in total. The Morgan fingerprint density at radius 2 is 1.58 bits per heavy atom. The Kier molecular flexibility index (Phi) is 11.9. The summed E-state index contributed by atoms with van der Waals surface area (Å²) in [5.41, 5.74) is 1.73. The minimum Gasteiger partial charge on any atom is -0.497 e. The molecule has 0 aromatic heterocycles. The lowest BCUT2D eigenvalue weighted by Crippen LogP contribution is -2.53. The van der Waals surface area contributed by atoms with E-state index in [1.54, 1.807) is 55.6 Å². The topological polar surface area (TPSA) is 105 Å². The maximum absolute atomic E-state index is 14.3. The number of ether oxygens (including phenoxy) is 2. The van der Waals surface area contributed by atoms with Crippen molar-refractivity contribution in [2.24, 2.45) is 0 Å². The van der Waals surface area contributed by atoms with Crippen LogP contribution in [0.3, 0.4) is 0 Å². The van der Waals surface area contributed by atoms with E-state index in [-0.39, 0.29) is 39.8 Å². The Bertz CT molecular complexity index is 1500. The predicted molar refractivity (Wildman–Crippen MR) is 169 cm³/mol. The number of anilines is 1. The van der Waals surface area contributed by atoms with Gasteiger partial charge in [0.2, 0.25) is 11.8 Å². The molecule has 0 spiro atoms. The van der Waals surface area contributed by atoms with Gasteiger partial charge < -0.3 is 19.7 Å². The summed E-state index contributed by atoms with van der Waals surface area (Å²) in [5.74, 6) is -0.0191. The number of methoxy groups -OCH3 is 2. The van der Waals surface area contributed by atoms with E-state index in [4.69, 9.17) is 21.1 Å². The van der Waals surface area contributed by atoms with Crippen LogP contribution in [-0.4, -0.2) is 58.0 Å². The number of nitrogens with zero attached hydrogens (tertiary/aromatic N) is 2. The molecule has 43 heavy (non-hydrogen) atoms. The van der Waals surface area contributed by atoms with E-state index < -0.39 is 28.5 Å². The first-order valence-electron chi connectivity index (χ1n) is 14.1. The molecule has 11 heteroatoms. The third-order valence-corrected chi connectivity index (χ3v) is 9.21. The van der Waals surface area contributed by atoms with Gasteiger partial charge in [0.05, 0.1) is 24.8 Å². The maximum atomic E-state index is 14.3. The van der Waals surface area contributed by atoms with Crippen molar-refractivity contribution in [1.82, 2.24) is 10.2 Å². The van der Waals surface area contributed by atoms with E-state index in [2.05, 4.69) is 5.32 Å². The average Bonchev–Trinajstić information content (AvgIpc) is 2.99. The quantitative estimate of drug-likeness (QED) is 0.250. The lowest BCUT2D eigenvalue weighted by molar-refractivity contribution is -0.140. The Balaban J connectivity index is 2.12. The fourth-order valence-electron chi connectivity index (χ4n) is 4.50. The molecule has 0 aliphatic rings. The lowest BCUT2D eigenvalue weighted by Gasteiger charge is -2.34. The number of benzene rings is 3. The van der Waals surface area contributed by atoms with Gasteiger partial charge in [-0.2, -0.15) is 0 Å². The van der Waals surface area contributed by atoms with Crippen molar-refractivity contribution in [2.45, 2.75) is 64.1 Å². The third-order valence-electron chi connectivity index (χ3n) is 7.20. The van der Waals surface area contributed by atoms with E-state index >= 15 is 0 Å². The molecule has 0 fully saturated rings. The lowest BCUT2D eigenvalue weighted by atomic mass is 10.1. The molecule has 2 atom stereocenters. The van der Waals surface area contributed by atoms with Crippen LogP contribution in [0.4, 0.5) is 5.69 Å². The van der Waals surface area contributed by atoms with Gasteiger partial charge in [0.1, 0.15) is 24.1 Å².